The minimum atomic E-state index is 0.561. The van der Waals surface area contributed by atoms with Crippen molar-refractivity contribution in [3.05, 3.63) is 58.0 Å². The molecule has 0 radical (unpaired) electrons. The fourth-order valence-electron chi connectivity index (χ4n) is 1.84. The molecule has 1 aromatic carbocycles. The summed E-state index contributed by atoms with van der Waals surface area (Å²) in [5.41, 5.74) is 9.69. The summed E-state index contributed by atoms with van der Waals surface area (Å²) in [6.45, 7) is 0.561. The van der Waals surface area contributed by atoms with Gasteiger partial charge >= 0.3 is 0 Å². The highest BCUT2D eigenvalue weighted by Crippen LogP contribution is 2.28. The minimum Gasteiger partial charge on any atom is -0.326 e. The quantitative estimate of drug-likeness (QED) is 0.777. The normalized spacial score (nSPS) is 10.7. The van der Waals surface area contributed by atoms with Gasteiger partial charge in [0, 0.05) is 28.2 Å². The van der Waals surface area contributed by atoms with Crippen LogP contribution < -0.4 is 5.73 Å². The van der Waals surface area contributed by atoms with Gasteiger partial charge in [0.2, 0.25) is 0 Å². The number of hydrogen-bond donors (Lipinski definition) is 1. The van der Waals surface area contributed by atoms with Crippen molar-refractivity contribution in [2.24, 2.45) is 5.73 Å². The van der Waals surface area contributed by atoms with E-state index in [1.54, 1.807) is 17.5 Å². The number of halogens is 1. The van der Waals surface area contributed by atoms with Crippen LogP contribution >= 0.6 is 27.3 Å². The molecule has 3 aromatic rings. The van der Waals surface area contributed by atoms with Crippen molar-refractivity contribution in [1.82, 2.24) is 9.97 Å². The molecular weight excluding hydrogens is 334 g/mol. The minimum absolute atomic E-state index is 0.561. The number of rotatable bonds is 3. The molecule has 20 heavy (non-hydrogen) atoms. The van der Waals surface area contributed by atoms with E-state index in [9.17, 15) is 0 Å². The van der Waals surface area contributed by atoms with E-state index >= 15 is 0 Å². The van der Waals surface area contributed by atoms with E-state index in [-0.39, 0.29) is 0 Å². The highest BCUT2D eigenvalue weighted by atomic mass is 79.9. The van der Waals surface area contributed by atoms with Crippen molar-refractivity contribution in [3.63, 3.8) is 0 Å². The first-order chi connectivity index (χ1) is 9.76. The summed E-state index contributed by atoms with van der Waals surface area (Å²) in [6.07, 6.45) is 1.78. The summed E-state index contributed by atoms with van der Waals surface area (Å²) >= 11 is 4.98. The number of nitrogens with two attached hydrogens (primary N) is 1. The molecule has 2 aromatic heterocycles. The van der Waals surface area contributed by atoms with E-state index in [1.807, 2.05) is 24.3 Å². The highest BCUT2D eigenvalue weighted by molar-refractivity contribution is 9.10. The Morgan fingerprint density at radius 2 is 1.85 bits per heavy atom. The number of benzene rings is 1. The van der Waals surface area contributed by atoms with Crippen LogP contribution in [-0.2, 0) is 6.54 Å². The molecule has 2 N–H and O–H groups in total. The maximum Gasteiger partial charge on any atom is 0.142 e. The zero-order chi connectivity index (χ0) is 13.9. The monoisotopic (exact) mass is 345 g/mol. The van der Waals surface area contributed by atoms with Gasteiger partial charge in [-0.3, -0.25) is 4.98 Å². The van der Waals surface area contributed by atoms with Crippen LogP contribution in [0.1, 0.15) is 5.56 Å². The fraction of sp³-hybridized carbons (Fsp3) is 0.0667. The molecule has 0 aliphatic carbocycles. The van der Waals surface area contributed by atoms with Gasteiger partial charge < -0.3 is 5.73 Å². The number of thiazole rings is 1. The Morgan fingerprint density at radius 1 is 1.05 bits per heavy atom. The molecule has 0 atom stereocenters. The van der Waals surface area contributed by atoms with Crippen molar-refractivity contribution in [1.29, 1.82) is 0 Å². The standard InChI is InChI=1S/C15H12BrN3S/c16-12-5-6-13(18-8-12)15-19-14(9-20-15)11-3-1-10(7-17)2-4-11/h1-6,8-9H,7,17H2. The summed E-state index contributed by atoms with van der Waals surface area (Å²) < 4.78 is 0.968. The SMILES string of the molecule is NCc1ccc(-c2csc(-c3ccc(Br)cn3)n2)cc1. The van der Waals surface area contributed by atoms with E-state index in [2.05, 4.69) is 43.4 Å². The van der Waals surface area contributed by atoms with Gasteiger partial charge in [-0.15, -0.1) is 11.3 Å². The van der Waals surface area contributed by atoms with Crippen LogP contribution in [0.2, 0.25) is 0 Å². The average Bonchev–Trinajstić information content (AvgIpc) is 2.98. The van der Waals surface area contributed by atoms with Gasteiger partial charge in [0.1, 0.15) is 5.01 Å². The topological polar surface area (TPSA) is 51.8 Å². The Morgan fingerprint density at radius 3 is 2.50 bits per heavy atom. The molecule has 3 nitrogen and oxygen atoms in total. The molecule has 0 saturated heterocycles. The Kier molecular flexibility index (Phi) is 3.91. The molecule has 0 aliphatic rings. The maximum atomic E-state index is 5.61. The van der Waals surface area contributed by atoms with Gasteiger partial charge in [0.25, 0.3) is 0 Å². The Bertz CT molecular complexity index is 705. The lowest BCUT2D eigenvalue weighted by Gasteiger charge is -1.99. The van der Waals surface area contributed by atoms with E-state index in [0.29, 0.717) is 6.54 Å². The van der Waals surface area contributed by atoms with E-state index in [1.165, 1.54) is 0 Å². The third-order valence-corrected chi connectivity index (χ3v) is 4.27. The van der Waals surface area contributed by atoms with Crippen molar-refractivity contribution < 1.29 is 0 Å². The second-order valence-corrected chi connectivity index (χ2v) is 6.07. The van der Waals surface area contributed by atoms with Gasteiger partial charge in [-0.1, -0.05) is 24.3 Å². The molecule has 0 bridgehead atoms. The fourth-order valence-corrected chi connectivity index (χ4v) is 2.88. The largest absolute Gasteiger partial charge is 0.326 e. The molecule has 0 unspecified atom stereocenters. The van der Waals surface area contributed by atoms with Gasteiger partial charge in [0.15, 0.2) is 0 Å². The summed E-state index contributed by atoms with van der Waals surface area (Å²) in [7, 11) is 0. The first-order valence-electron chi connectivity index (χ1n) is 6.13. The molecule has 100 valence electrons. The van der Waals surface area contributed by atoms with Crippen LogP contribution in [0.4, 0.5) is 0 Å². The van der Waals surface area contributed by atoms with Crippen LogP contribution in [0.3, 0.4) is 0 Å². The van der Waals surface area contributed by atoms with Crippen molar-refractivity contribution in [2.45, 2.75) is 6.54 Å². The number of nitrogens with zero attached hydrogens (tertiary/aromatic N) is 2. The molecular formula is C15H12BrN3S. The zero-order valence-corrected chi connectivity index (χ0v) is 13.0. The van der Waals surface area contributed by atoms with Gasteiger partial charge in [-0.05, 0) is 33.6 Å². The van der Waals surface area contributed by atoms with Crippen LogP contribution in [0, 0.1) is 0 Å². The van der Waals surface area contributed by atoms with Gasteiger partial charge in [0.05, 0.1) is 11.4 Å². The predicted octanol–water partition coefficient (Wildman–Crippen LogP) is 4.09. The number of hydrogen-bond acceptors (Lipinski definition) is 4. The Hall–Kier alpha value is -1.56. The van der Waals surface area contributed by atoms with Gasteiger partial charge in [-0.25, -0.2) is 4.98 Å². The lowest BCUT2D eigenvalue weighted by molar-refractivity contribution is 1.07. The zero-order valence-electron chi connectivity index (χ0n) is 10.6. The highest BCUT2D eigenvalue weighted by Gasteiger charge is 2.07. The second kappa shape index (κ2) is 5.83. The average molecular weight is 346 g/mol. The van der Waals surface area contributed by atoms with E-state index in [4.69, 9.17) is 5.73 Å². The molecule has 0 fully saturated rings. The Labute approximate surface area is 129 Å². The van der Waals surface area contributed by atoms with Crippen molar-refractivity contribution in [3.8, 4) is 22.0 Å². The first kappa shape index (κ1) is 13.4. The molecule has 2 heterocycles. The third-order valence-electron chi connectivity index (χ3n) is 2.94. The van der Waals surface area contributed by atoms with Crippen molar-refractivity contribution in [2.75, 3.05) is 0 Å². The summed E-state index contributed by atoms with van der Waals surface area (Å²) in [5.74, 6) is 0. The Balaban J connectivity index is 1.91. The number of aromatic nitrogens is 2. The predicted molar refractivity (Wildman–Crippen MR) is 86.4 cm³/mol. The van der Waals surface area contributed by atoms with Crippen LogP contribution in [0.15, 0.2) is 52.4 Å². The third kappa shape index (κ3) is 2.80. The van der Waals surface area contributed by atoms with Crippen molar-refractivity contribution >= 4 is 27.3 Å². The molecule has 0 saturated carbocycles. The van der Waals surface area contributed by atoms with Crippen LogP contribution in [-0.4, -0.2) is 9.97 Å². The molecule has 0 aliphatic heterocycles. The number of pyridine rings is 1. The van der Waals surface area contributed by atoms with Crippen LogP contribution in [0.5, 0.6) is 0 Å². The molecule has 5 heteroatoms. The molecule has 3 rings (SSSR count). The molecule has 0 spiro atoms. The van der Waals surface area contributed by atoms with Crippen LogP contribution in [0.25, 0.3) is 22.0 Å². The smallest absolute Gasteiger partial charge is 0.142 e. The summed E-state index contributed by atoms with van der Waals surface area (Å²) in [6, 6.07) is 12.1. The van der Waals surface area contributed by atoms with E-state index < -0.39 is 0 Å². The lowest BCUT2D eigenvalue weighted by atomic mass is 10.1. The lowest BCUT2D eigenvalue weighted by Crippen LogP contribution is -1.95. The van der Waals surface area contributed by atoms with E-state index in [0.717, 1.165) is 32.0 Å². The second-order valence-electron chi connectivity index (χ2n) is 4.30. The maximum absolute atomic E-state index is 5.61. The van der Waals surface area contributed by atoms with Gasteiger partial charge in [-0.2, -0.15) is 0 Å². The summed E-state index contributed by atoms with van der Waals surface area (Å²) in [4.78, 5) is 9.01. The summed E-state index contributed by atoms with van der Waals surface area (Å²) in [5, 5.41) is 2.98. The molecule has 0 amide bonds. The first-order valence-corrected chi connectivity index (χ1v) is 7.80.